The van der Waals surface area contributed by atoms with Crippen LogP contribution < -0.4 is 0 Å². The van der Waals surface area contributed by atoms with Crippen LogP contribution in [0.25, 0.3) is 0 Å². The van der Waals surface area contributed by atoms with Crippen molar-refractivity contribution in [2.24, 2.45) is 0 Å². The number of benzene rings is 1. The first-order chi connectivity index (χ1) is 9.66. The molecule has 1 aliphatic heterocycles. The highest BCUT2D eigenvalue weighted by Crippen LogP contribution is 2.30. The normalized spacial score (nSPS) is 19.1. The van der Waals surface area contributed by atoms with Crippen molar-refractivity contribution in [3.63, 3.8) is 0 Å². The third kappa shape index (κ3) is 2.63. The highest BCUT2D eigenvalue weighted by atomic mass is 35.5. The van der Waals surface area contributed by atoms with E-state index in [2.05, 4.69) is 0 Å². The second-order valence-electron chi connectivity index (χ2n) is 4.96. The van der Waals surface area contributed by atoms with Gasteiger partial charge in [0.1, 0.15) is 5.25 Å². The lowest BCUT2D eigenvalue weighted by atomic mass is 10.1. The fourth-order valence-corrected chi connectivity index (χ4v) is 4.68. The summed E-state index contributed by atoms with van der Waals surface area (Å²) in [4.78, 5) is 24.3. The molecule has 8 heteroatoms. The number of carboxylic acids is 1. The standard InChI is InChI=1S/C13H14ClNO5S/c1-7-9(13(17)18)5-8(14)6-11(7)21(19,20)10-3-4-15(2)12(10)16/h5-6,10H,3-4H2,1-2H3,(H,17,18). The molecule has 1 atom stereocenters. The van der Waals surface area contributed by atoms with Gasteiger partial charge in [-0.2, -0.15) is 0 Å². The van der Waals surface area contributed by atoms with Crippen LogP contribution in [-0.4, -0.2) is 49.1 Å². The number of halogens is 1. The average Bonchev–Trinajstić information content (AvgIpc) is 2.72. The van der Waals surface area contributed by atoms with Crippen molar-refractivity contribution in [1.29, 1.82) is 0 Å². The lowest BCUT2D eigenvalue weighted by molar-refractivity contribution is -0.126. The number of likely N-dealkylation sites (tertiary alicyclic amines) is 1. The number of carbonyl (C=O) groups is 2. The van der Waals surface area contributed by atoms with E-state index >= 15 is 0 Å². The van der Waals surface area contributed by atoms with Crippen molar-refractivity contribution in [1.82, 2.24) is 4.90 Å². The van der Waals surface area contributed by atoms with Crippen LogP contribution in [0, 0.1) is 6.92 Å². The van der Waals surface area contributed by atoms with Gasteiger partial charge in [0, 0.05) is 18.6 Å². The fourth-order valence-electron chi connectivity index (χ4n) is 2.40. The summed E-state index contributed by atoms with van der Waals surface area (Å²) in [6.45, 7) is 1.75. The maximum atomic E-state index is 12.6. The van der Waals surface area contributed by atoms with E-state index in [9.17, 15) is 18.0 Å². The van der Waals surface area contributed by atoms with Gasteiger partial charge in [0.15, 0.2) is 9.84 Å². The second kappa shape index (κ2) is 5.31. The summed E-state index contributed by atoms with van der Waals surface area (Å²) in [6.07, 6.45) is 0.187. The molecular weight excluding hydrogens is 318 g/mol. The first-order valence-electron chi connectivity index (χ1n) is 6.18. The SMILES string of the molecule is Cc1c(C(=O)O)cc(Cl)cc1S(=O)(=O)C1CCN(C)C1=O. The maximum absolute atomic E-state index is 12.6. The molecule has 1 aromatic rings. The second-order valence-corrected chi connectivity index (χ2v) is 7.50. The number of hydrogen-bond donors (Lipinski definition) is 1. The van der Waals surface area contributed by atoms with Crippen LogP contribution in [0.2, 0.25) is 5.02 Å². The van der Waals surface area contributed by atoms with E-state index in [0.717, 1.165) is 0 Å². The van der Waals surface area contributed by atoms with Crippen molar-refractivity contribution in [2.45, 2.75) is 23.5 Å². The van der Waals surface area contributed by atoms with E-state index in [1.807, 2.05) is 0 Å². The van der Waals surface area contributed by atoms with Crippen LogP contribution >= 0.6 is 11.6 Å². The van der Waals surface area contributed by atoms with E-state index in [0.29, 0.717) is 6.54 Å². The summed E-state index contributed by atoms with van der Waals surface area (Å²) in [5.74, 6) is -1.74. The van der Waals surface area contributed by atoms with Crippen molar-refractivity contribution in [2.75, 3.05) is 13.6 Å². The van der Waals surface area contributed by atoms with Crippen molar-refractivity contribution >= 4 is 33.3 Å². The van der Waals surface area contributed by atoms with Crippen molar-refractivity contribution in [3.05, 3.63) is 28.3 Å². The molecule has 1 aromatic carbocycles. The molecule has 1 N–H and O–H groups in total. The lowest BCUT2D eigenvalue weighted by Gasteiger charge is -2.15. The predicted molar refractivity (Wildman–Crippen MR) is 76.4 cm³/mol. The third-order valence-electron chi connectivity index (χ3n) is 3.61. The summed E-state index contributed by atoms with van der Waals surface area (Å²) >= 11 is 5.82. The Bertz CT molecular complexity index is 728. The molecule has 1 fully saturated rings. The number of sulfone groups is 1. The number of carboxylic acid groups (broad SMARTS) is 1. The number of aromatic carboxylic acids is 1. The summed E-state index contributed by atoms with van der Waals surface area (Å²) < 4.78 is 25.3. The molecule has 21 heavy (non-hydrogen) atoms. The molecule has 0 spiro atoms. The maximum Gasteiger partial charge on any atom is 0.336 e. The van der Waals surface area contributed by atoms with Crippen LogP contribution in [0.5, 0.6) is 0 Å². The van der Waals surface area contributed by atoms with E-state index < -0.39 is 27.0 Å². The topological polar surface area (TPSA) is 91.8 Å². The number of nitrogens with zero attached hydrogens (tertiary/aromatic N) is 1. The Morgan fingerprint density at radius 3 is 2.52 bits per heavy atom. The highest BCUT2D eigenvalue weighted by Gasteiger charge is 2.41. The molecule has 1 amide bonds. The summed E-state index contributed by atoms with van der Waals surface area (Å²) in [5, 5.41) is 7.94. The first-order valence-corrected chi connectivity index (χ1v) is 8.11. The number of carbonyl (C=O) groups excluding carboxylic acids is 1. The van der Waals surface area contributed by atoms with Crippen LogP contribution in [0.3, 0.4) is 0 Å². The Hall–Kier alpha value is -1.60. The molecule has 0 saturated carbocycles. The molecule has 0 bridgehead atoms. The Morgan fingerprint density at radius 2 is 2.05 bits per heavy atom. The minimum Gasteiger partial charge on any atom is -0.478 e. The fraction of sp³-hybridized carbons (Fsp3) is 0.385. The van der Waals surface area contributed by atoms with E-state index in [1.54, 1.807) is 0 Å². The molecule has 1 unspecified atom stereocenters. The minimum absolute atomic E-state index is 0.00961. The quantitative estimate of drug-likeness (QED) is 0.902. The zero-order valence-corrected chi connectivity index (χ0v) is 13.0. The van der Waals surface area contributed by atoms with Gasteiger partial charge in [-0.25, -0.2) is 13.2 Å². The lowest BCUT2D eigenvalue weighted by Crippen LogP contribution is -2.32. The molecule has 1 saturated heterocycles. The van der Waals surface area contributed by atoms with Gasteiger partial charge in [-0.3, -0.25) is 4.79 Å². The van der Waals surface area contributed by atoms with E-state index in [-0.39, 0.29) is 27.5 Å². The summed E-state index contributed by atoms with van der Waals surface area (Å²) in [6, 6.07) is 2.39. The molecule has 2 rings (SSSR count). The van der Waals surface area contributed by atoms with Gasteiger partial charge in [0.2, 0.25) is 5.91 Å². The van der Waals surface area contributed by atoms with Gasteiger partial charge < -0.3 is 10.0 Å². The molecule has 1 aliphatic rings. The smallest absolute Gasteiger partial charge is 0.336 e. The van der Waals surface area contributed by atoms with Gasteiger partial charge in [0.25, 0.3) is 0 Å². The van der Waals surface area contributed by atoms with E-state index in [4.69, 9.17) is 16.7 Å². The molecular formula is C13H14ClNO5S. The zero-order valence-electron chi connectivity index (χ0n) is 11.5. The van der Waals surface area contributed by atoms with Crippen molar-refractivity contribution in [3.8, 4) is 0 Å². The van der Waals surface area contributed by atoms with Crippen LogP contribution in [0.1, 0.15) is 22.3 Å². The van der Waals surface area contributed by atoms with Gasteiger partial charge in [-0.05, 0) is 31.0 Å². The monoisotopic (exact) mass is 331 g/mol. The Labute approximate surface area is 127 Å². The molecule has 0 aliphatic carbocycles. The van der Waals surface area contributed by atoms with Crippen LogP contribution in [0.4, 0.5) is 0 Å². The Morgan fingerprint density at radius 1 is 1.43 bits per heavy atom. The van der Waals surface area contributed by atoms with Gasteiger partial charge >= 0.3 is 5.97 Å². The molecule has 0 aromatic heterocycles. The number of rotatable bonds is 3. The van der Waals surface area contributed by atoms with Crippen molar-refractivity contribution < 1.29 is 23.1 Å². The average molecular weight is 332 g/mol. The predicted octanol–water partition coefficient (Wildman–Crippen LogP) is 1.35. The van der Waals surface area contributed by atoms with Crippen LogP contribution in [-0.2, 0) is 14.6 Å². The molecule has 0 radical (unpaired) electrons. The number of hydrogen-bond acceptors (Lipinski definition) is 4. The largest absolute Gasteiger partial charge is 0.478 e. The Kier molecular flexibility index (Phi) is 3.99. The summed E-state index contributed by atoms with van der Waals surface area (Å²) in [7, 11) is -2.44. The van der Waals surface area contributed by atoms with Gasteiger partial charge in [0.05, 0.1) is 10.5 Å². The van der Waals surface area contributed by atoms with Crippen LogP contribution in [0.15, 0.2) is 17.0 Å². The first kappa shape index (κ1) is 15.8. The highest BCUT2D eigenvalue weighted by molar-refractivity contribution is 7.92. The molecule has 114 valence electrons. The summed E-state index contributed by atoms with van der Waals surface area (Å²) in [5.41, 5.74) is -0.0888. The van der Waals surface area contributed by atoms with E-state index in [1.165, 1.54) is 31.0 Å². The third-order valence-corrected chi connectivity index (χ3v) is 6.06. The Balaban J connectivity index is 2.61. The number of amides is 1. The zero-order chi connectivity index (χ0) is 15.9. The molecule has 6 nitrogen and oxygen atoms in total. The van der Waals surface area contributed by atoms with Gasteiger partial charge in [-0.15, -0.1) is 0 Å². The molecule has 1 heterocycles. The van der Waals surface area contributed by atoms with Gasteiger partial charge in [-0.1, -0.05) is 11.6 Å². The minimum atomic E-state index is -3.97.